The number of hydrogen-bond acceptors (Lipinski definition) is 3. The molecule has 0 saturated heterocycles. The summed E-state index contributed by atoms with van der Waals surface area (Å²) in [5.41, 5.74) is 1.88. The molecule has 6 nitrogen and oxygen atoms in total. The first kappa shape index (κ1) is 14.1. The number of pyridine rings is 1. The summed E-state index contributed by atoms with van der Waals surface area (Å²) >= 11 is 0. The monoisotopic (exact) mass is 298 g/mol. The van der Waals surface area contributed by atoms with E-state index in [1.807, 2.05) is 12.1 Å². The number of hydrogen-bond donors (Lipinski definition) is 3. The number of carboxylic acid groups (broad SMARTS) is 1. The Bertz CT molecular complexity index is 882. The summed E-state index contributed by atoms with van der Waals surface area (Å²) in [6, 6.07) is 10.4. The number of carbonyl (C=O) groups is 2. The maximum absolute atomic E-state index is 12.0. The number of carbonyl (C=O) groups excluding carboxylic acids is 1. The lowest BCUT2D eigenvalue weighted by Gasteiger charge is -2.05. The standard InChI is InChI=1S/C16H14N2O4/c19-8-7-17-15(20)10-5-6-13-14(16(21)22)11-3-1-2-4-12(11)18(13)9-10/h1-6,9,19H,7-8H2,(H,17,20)(H,21,22). The van der Waals surface area contributed by atoms with Crippen molar-refractivity contribution in [1.29, 1.82) is 0 Å². The van der Waals surface area contributed by atoms with E-state index < -0.39 is 5.97 Å². The van der Waals surface area contributed by atoms with Crippen LogP contribution in [-0.4, -0.2) is 39.6 Å². The van der Waals surface area contributed by atoms with Gasteiger partial charge in [0.05, 0.1) is 28.8 Å². The van der Waals surface area contributed by atoms with E-state index >= 15 is 0 Å². The van der Waals surface area contributed by atoms with Gasteiger partial charge in [-0.2, -0.15) is 0 Å². The fourth-order valence-electron chi connectivity index (χ4n) is 2.57. The lowest BCUT2D eigenvalue weighted by Crippen LogP contribution is -2.26. The van der Waals surface area contributed by atoms with Crippen LogP contribution in [0.15, 0.2) is 42.6 Å². The summed E-state index contributed by atoms with van der Waals surface area (Å²) in [6.07, 6.45) is 1.61. The quantitative estimate of drug-likeness (QED) is 0.681. The fourth-order valence-corrected chi connectivity index (χ4v) is 2.57. The lowest BCUT2D eigenvalue weighted by molar-refractivity contribution is 0.0701. The van der Waals surface area contributed by atoms with Crippen molar-refractivity contribution in [3.05, 3.63) is 53.7 Å². The van der Waals surface area contributed by atoms with Gasteiger partial charge in [0.1, 0.15) is 0 Å². The van der Waals surface area contributed by atoms with E-state index in [2.05, 4.69) is 5.32 Å². The van der Waals surface area contributed by atoms with Crippen LogP contribution in [0.4, 0.5) is 0 Å². The minimum atomic E-state index is -1.00. The van der Waals surface area contributed by atoms with Gasteiger partial charge in [-0.3, -0.25) is 4.79 Å². The molecule has 0 aliphatic rings. The normalized spacial score (nSPS) is 11.0. The number of aliphatic hydroxyl groups is 1. The highest BCUT2D eigenvalue weighted by Gasteiger charge is 2.18. The molecule has 0 radical (unpaired) electrons. The van der Waals surface area contributed by atoms with Gasteiger partial charge in [-0.25, -0.2) is 4.79 Å². The van der Waals surface area contributed by atoms with E-state index in [1.165, 1.54) is 0 Å². The summed E-state index contributed by atoms with van der Waals surface area (Å²) in [6.45, 7) is 0.0350. The number of fused-ring (bicyclic) bond motifs is 3. The van der Waals surface area contributed by atoms with Crippen LogP contribution in [0.2, 0.25) is 0 Å². The van der Waals surface area contributed by atoms with Gasteiger partial charge in [0.2, 0.25) is 0 Å². The molecule has 0 spiro atoms. The van der Waals surface area contributed by atoms with Gasteiger partial charge in [0, 0.05) is 18.1 Å². The van der Waals surface area contributed by atoms with Gasteiger partial charge in [0.25, 0.3) is 5.91 Å². The molecule has 1 amide bonds. The minimum absolute atomic E-state index is 0.135. The number of benzene rings is 1. The van der Waals surface area contributed by atoms with Crippen LogP contribution in [0, 0.1) is 0 Å². The number of nitrogens with one attached hydrogen (secondary N) is 1. The van der Waals surface area contributed by atoms with E-state index in [0.29, 0.717) is 16.5 Å². The molecule has 0 bridgehead atoms. The summed E-state index contributed by atoms with van der Waals surface area (Å²) in [5.74, 6) is -1.32. The molecule has 3 aromatic rings. The van der Waals surface area contributed by atoms with Gasteiger partial charge in [-0.15, -0.1) is 0 Å². The molecular formula is C16H14N2O4. The van der Waals surface area contributed by atoms with Crippen LogP contribution in [0.1, 0.15) is 20.7 Å². The zero-order valence-corrected chi connectivity index (χ0v) is 11.6. The van der Waals surface area contributed by atoms with E-state index in [1.54, 1.807) is 34.9 Å². The van der Waals surface area contributed by atoms with E-state index in [4.69, 9.17) is 5.11 Å². The Balaban J connectivity index is 2.22. The molecule has 0 aliphatic heterocycles. The molecule has 0 saturated carbocycles. The first-order valence-corrected chi connectivity index (χ1v) is 6.78. The van der Waals surface area contributed by atoms with Crippen LogP contribution in [0.5, 0.6) is 0 Å². The van der Waals surface area contributed by atoms with Crippen molar-refractivity contribution in [2.45, 2.75) is 0 Å². The molecule has 112 valence electrons. The van der Waals surface area contributed by atoms with Crippen molar-refractivity contribution in [3.8, 4) is 0 Å². The predicted molar refractivity (Wildman–Crippen MR) is 81.3 cm³/mol. The highest BCUT2D eigenvalue weighted by atomic mass is 16.4. The minimum Gasteiger partial charge on any atom is -0.478 e. The first-order chi connectivity index (χ1) is 10.6. The second-order valence-corrected chi connectivity index (χ2v) is 4.85. The Kier molecular flexibility index (Phi) is 3.52. The number of carboxylic acids is 1. The zero-order valence-electron chi connectivity index (χ0n) is 11.6. The number of aromatic carboxylic acids is 1. The largest absolute Gasteiger partial charge is 0.478 e. The van der Waals surface area contributed by atoms with E-state index in [0.717, 1.165) is 5.52 Å². The van der Waals surface area contributed by atoms with Gasteiger partial charge in [0.15, 0.2) is 0 Å². The first-order valence-electron chi connectivity index (χ1n) is 6.78. The molecule has 3 N–H and O–H groups in total. The third-order valence-corrected chi connectivity index (χ3v) is 3.51. The van der Waals surface area contributed by atoms with Crippen LogP contribution < -0.4 is 5.32 Å². The Morgan fingerprint density at radius 1 is 1.09 bits per heavy atom. The van der Waals surface area contributed by atoms with Crippen molar-refractivity contribution in [3.63, 3.8) is 0 Å². The maximum Gasteiger partial charge on any atom is 0.338 e. The lowest BCUT2D eigenvalue weighted by atomic mass is 10.1. The molecule has 0 atom stereocenters. The van der Waals surface area contributed by atoms with Crippen molar-refractivity contribution in [1.82, 2.24) is 9.72 Å². The molecule has 6 heteroatoms. The van der Waals surface area contributed by atoms with Gasteiger partial charge < -0.3 is 19.9 Å². The maximum atomic E-state index is 12.0. The average Bonchev–Trinajstić information content (AvgIpc) is 2.86. The number of amides is 1. The van der Waals surface area contributed by atoms with Crippen LogP contribution in [0.3, 0.4) is 0 Å². The Labute approximate surface area is 125 Å². The Morgan fingerprint density at radius 2 is 1.86 bits per heavy atom. The Morgan fingerprint density at radius 3 is 2.59 bits per heavy atom. The SMILES string of the molecule is O=C(NCCO)c1ccc2c(C(=O)O)c3ccccc3n2c1. The molecule has 2 heterocycles. The van der Waals surface area contributed by atoms with Crippen molar-refractivity contribution in [2.75, 3.05) is 13.2 Å². The number of nitrogens with zero attached hydrogens (tertiary/aromatic N) is 1. The average molecular weight is 298 g/mol. The highest BCUT2D eigenvalue weighted by molar-refractivity contribution is 6.11. The molecule has 0 aliphatic carbocycles. The zero-order chi connectivity index (χ0) is 15.7. The third kappa shape index (κ3) is 2.19. The van der Waals surface area contributed by atoms with Gasteiger partial charge in [-0.05, 0) is 18.2 Å². The van der Waals surface area contributed by atoms with E-state index in [9.17, 15) is 14.7 Å². The molecule has 3 rings (SSSR count). The van der Waals surface area contributed by atoms with Gasteiger partial charge >= 0.3 is 5.97 Å². The number of rotatable bonds is 4. The molecule has 2 aromatic heterocycles. The predicted octanol–water partition coefficient (Wildman–Crippen LogP) is 1.51. The molecule has 0 unspecified atom stereocenters. The number of aromatic nitrogens is 1. The van der Waals surface area contributed by atoms with Crippen molar-refractivity contribution < 1.29 is 19.8 Å². The second kappa shape index (κ2) is 5.50. The van der Waals surface area contributed by atoms with Crippen LogP contribution in [0.25, 0.3) is 16.4 Å². The van der Waals surface area contributed by atoms with Crippen molar-refractivity contribution in [2.24, 2.45) is 0 Å². The van der Waals surface area contributed by atoms with Gasteiger partial charge in [-0.1, -0.05) is 18.2 Å². The van der Waals surface area contributed by atoms with Crippen LogP contribution in [-0.2, 0) is 0 Å². The molecular weight excluding hydrogens is 284 g/mol. The molecule has 22 heavy (non-hydrogen) atoms. The topological polar surface area (TPSA) is 91.0 Å². The summed E-state index contributed by atoms with van der Waals surface area (Å²) in [5, 5.41) is 21.4. The van der Waals surface area contributed by atoms with E-state index in [-0.39, 0.29) is 24.6 Å². The number of para-hydroxylation sites is 1. The van der Waals surface area contributed by atoms with Crippen LogP contribution >= 0.6 is 0 Å². The summed E-state index contributed by atoms with van der Waals surface area (Å²) < 4.78 is 1.70. The summed E-state index contributed by atoms with van der Waals surface area (Å²) in [4.78, 5) is 23.5. The number of aliphatic hydroxyl groups excluding tert-OH is 1. The third-order valence-electron chi connectivity index (χ3n) is 3.51. The highest BCUT2D eigenvalue weighted by Crippen LogP contribution is 2.27. The Hall–Kier alpha value is -2.86. The second-order valence-electron chi connectivity index (χ2n) is 4.85. The smallest absolute Gasteiger partial charge is 0.338 e. The van der Waals surface area contributed by atoms with Crippen molar-refractivity contribution >= 4 is 28.3 Å². The molecule has 0 fully saturated rings. The fraction of sp³-hybridized carbons (Fsp3) is 0.125. The summed E-state index contributed by atoms with van der Waals surface area (Å²) in [7, 11) is 0. The molecule has 1 aromatic carbocycles.